The Morgan fingerprint density at radius 2 is 2.12 bits per heavy atom. The predicted molar refractivity (Wildman–Crippen MR) is 97.6 cm³/mol. The normalized spacial score (nSPS) is 18.4. The summed E-state index contributed by atoms with van der Waals surface area (Å²) in [6.45, 7) is 0.380. The molecule has 0 unspecified atom stereocenters. The SMILES string of the molecule is Cn1ccnc1SCC(=O)N(Cc1ccccc1)[C@H]1C=CS(=O)(=O)C1. The fourth-order valence-corrected chi connectivity index (χ4v) is 4.74. The van der Waals surface area contributed by atoms with Crippen molar-refractivity contribution in [3.05, 3.63) is 59.8 Å². The zero-order valence-electron chi connectivity index (χ0n) is 13.8. The number of aryl methyl sites for hydroxylation is 1. The molecule has 0 saturated heterocycles. The standard InChI is InChI=1S/C17H19N3O3S2/c1-19-9-8-18-17(19)24-12-16(21)20(11-14-5-3-2-4-6-14)15-7-10-25(22,23)13-15/h2-10,15H,11-13H2,1H3/t15-/m0/s1. The number of benzene rings is 1. The number of aromatic nitrogens is 2. The van der Waals surface area contributed by atoms with Crippen molar-refractivity contribution >= 4 is 27.5 Å². The van der Waals surface area contributed by atoms with Gasteiger partial charge in [-0.1, -0.05) is 42.1 Å². The molecule has 0 saturated carbocycles. The van der Waals surface area contributed by atoms with E-state index in [9.17, 15) is 13.2 Å². The van der Waals surface area contributed by atoms with Crippen molar-refractivity contribution in [2.24, 2.45) is 7.05 Å². The Morgan fingerprint density at radius 3 is 2.72 bits per heavy atom. The number of sulfone groups is 1. The second kappa shape index (κ2) is 7.45. The summed E-state index contributed by atoms with van der Waals surface area (Å²) in [7, 11) is -1.36. The third-order valence-corrected chi connectivity index (χ3v) is 6.35. The molecule has 1 aliphatic rings. The van der Waals surface area contributed by atoms with Crippen LogP contribution in [0.1, 0.15) is 5.56 Å². The maximum absolute atomic E-state index is 12.8. The Hall–Kier alpha value is -2.06. The maximum Gasteiger partial charge on any atom is 0.233 e. The number of imidazole rings is 1. The van der Waals surface area contributed by atoms with Crippen LogP contribution in [0.3, 0.4) is 0 Å². The van der Waals surface area contributed by atoms with Gasteiger partial charge in [0.25, 0.3) is 0 Å². The molecule has 8 heteroatoms. The molecule has 1 aliphatic heterocycles. The van der Waals surface area contributed by atoms with Crippen LogP contribution in [0.15, 0.2) is 59.4 Å². The zero-order valence-corrected chi connectivity index (χ0v) is 15.4. The van der Waals surface area contributed by atoms with E-state index in [0.717, 1.165) is 10.7 Å². The highest BCUT2D eigenvalue weighted by atomic mass is 32.2. The van der Waals surface area contributed by atoms with Gasteiger partial charge in [0.1, 0.15) is 0 Å². The van der Waals surface area contributed by atoms with E-state index in [1.165, 1.54) is 17.2 Å². The molecule has 0 radical (unpaired) electrons. The van der Waals surface area contributed by atoms with E-state index in [-0.39, 0.29) is 17.4 Å². The van der Waals surface area contributed by atoms with E-state index < -0.39 is 15.9 Å². The summed E-state index contributed by atoms with van der Waals surface area (Å²) in [4.78, 5) is 18.6. The minimum atomic E-state index is -3.23. The third kappa shape index (κ3) is 4.52. The Balaban J connectivity index is 1.74. The van der Waals surface area contributed by atoms with Gasteiger partial charge in [-0.25, -0.2) is 13.4 Å². The molecule has 3 rings (SSSR count). The predicted octanol–water partition coefficient (Wildman–Crippen LogP) is 1.85. The highest BCUT2D eigenvalue weighted by Gasteiger charge is 2.30. The van der Waals surface area contributed by atoms with Gasteiger partial charge in [-0.05, 0) is 11.6 Å². The fourth-order valence-electron chi connectivity index (χ4n) is 2.62. The number of hydrogen-bond donors (Lipinski definition) is 0. The van der Waals surface area contributed by atoms with Gasteiger partial charge < -0.3 is 9.47 Å². The Kier molecular flexibility index (Phi) is 5.29. The second-order valence-corrected chi connectivity index (χ2v) is 8.72. The van der Waals surface area contributed by atoms with Crippen LogP contribution in [-0.2, 0) is 28.2 Å². The smallest absolute Gasteiger partial charge is 0.233 e. The van der Waals surface area contributed by atoms with Crippen LogP contribution >= 0.6 is 11.8 Å². The molecule has 0 N–H and O–H groups in total. The van der Waals surface area contributed by atoms with Crippen molar-refractivity contribution < 1.29 is 13.2 Å². The largest absolute Gasteiger partial charge is 0.330 e. The van der Waals surface area contributed by atoms with Gasteiger partial charge in [-0.3, -0.25) is 4.79 Å². The molecule has 132 valence electrons. The molecule has 0 aliphatic carbocycles. The molecule has 1 aromatic heterocycles. The van der Waals surface area contributed by atoms with Gasteiger partial charge in [-0.2, -0.15) is 0 Å². The first-order valence-electron chi connectivity index (χ1n) is 7.79. The van der Waals surface area contributed by atoms with Gasteiger partial charge in [0.05, 0.1) is 17.5 Å². The minimum absolute atomic E-state index is 0.0569. The van der Waals surface area contributed by atoms with Crippen LogP contribution in [0.5, 0.6) is 0 Å². The molecule has 25 heavy (non-hydrogen) atoms. The third-order valence-electron chi connectivity index (χ3n) is 3.93. The van der Waals surface area contributed by atoms with E-state index in [1.54, 1.807) is 17.2 Å². The summed E-state index contributed by atoms with van der Waals surface area (Å²) in [6.07, 6.45) is 5.10. The van der Waals surface area contributed by atoms with Crippen LogP contribution < -0.4 is 0 Å². The van der Waals surface area contributed by atoms with Crippen LogP contribution in [0.4, 0.5) is 0 Å². The molecule has 6 nitrogen and oxygen atoms in total. The molecule has 1 aromatic carbocycles. The van der Waals surface area contributed by atoms with E-state index in [2.05, 4.69) is 4.98 Å². The van der Waals surface area contributed by atoms with E-state index >= 15 is 0 Å². The molecular weight excluding hydrogens is 358 g/mol. The first kappa shape index (κ1) is 17.8. The molecule has 1 atom stereocenters. The van der Waals surface area contributed by atoms with Crippen molar-refractivity contribution in [1.82, 2.24) is 14.5 Å². The summed E-state index contributed by atoms with van der Waals surface area (Å²) in [6, 6.07) is 9.15. The molecule has 0 fully saturated rings. The molecule has 2 heterocycles. The summed E-state index contributed by atoms with van der Waals surface area (Å²) >= 11 is 1.35. The molecule has 0 spiro atoms. The van der Waals surface area contributed by atoms with Crippen molar-refractivity contribution in [1.29, 1.82) is 0 Å². The van der Waals surface area contributed by atoms with E-state index in [0.29, 0.717) is 6.54 Å². The van der Waals surface area contributed by atoms with Gasteiger partial charge >= 0.3 is 0 Å². The van der Waals surface area contributed by atoms with E-state index in [4.69, 9.17) is 0 Å². The molecule has 1 amide bonds. The number of hydrogen-bond acceptors (Lipinski definition) is 5. The van der Waals surface area contributed by atoms with Gasteiger partial charge in [0.15, 0.2) is 15.0 Å². The van der Waals surface area contributed by atoms with Crippen LogP contribution in [-0.4, -0.2) is 46.3 Å². The number of carbonyl (C=O) groups excluding carboxylic acids is 1. The Morgan fingerprint density at radius 1 is 1.36 bits per heavy atom. The number of rotatable bonds is 6. The van der Waals surface area contributed by atoms with Gasteiger partial charge in [0, 0.05) is 31.4 Å². The summed E-state index contributed by atoms with van der Waals surface area (Å²) in [5.74, 6) is 0.0457. The highest BCUT2D eigenvalue weighted by molar-refractivity contribution is 7.99. The first-order valence-corrected chi connectivity index (χ1v) is 10.5. The number of thioether (sulfide) groups is 1. The van der Waals surface area contributed by atoms with Crippen molar-refractivity contribution in [2.45, 2.75) is 17.7 Å². The van der Waals surface area contributed by atoms with Crippen LogP contribution in [0, 0.1) is 0 Å². The molecule has 2 aromatic rings. The maximum atomic E-state index is 12.8. The topological polar surface area (TPSA) is 72.3 Å². The highest BCUT2D eigenvalue weighted by Crippen LogP contribution is 2.21. The number of amides is 1. The average molecular weight is 377 g/mol. The monoisotopic (exact) mass is 377 g/mol. The average Bonchev–Trinajstić information content (AvgIpc) is 3.16. The number of nitrogens with zero attached hydrogens (tertiary/aromatic N) is 3. The summed E-state index contributed by atoms with van der Waals surface area (Å²) in [5.41, 5.74) is 0.968. The summed E-state index contributed by atoms with van der Waals surface area (Å²) in [5, 5.41) is 1.96. The Labute approximate surface area is 151 Å². The van der Waals surface area contributed by atoms with Crippen molar-refractivity contribution in [3.63, 3.8) is 0 Å². The Bertz CT molecular complexity index is 876. The summed E-state index contributed by atoms with van der Waals surface area (Å²) < 4.78 is 25.4. The van der Waals surface area contributed by atoms with Crippen molar-refractivity contribution in [3.8, 4) is 0 Å². The zero-order chi connectivity index (χ0) is 17.9. The lowest BCUT2D eigenvalue weighted by atomic mass is 10.2. The fraction of sp³-hybridized carbons (Fsp3) is 0.294. The van der Waals surface area contributed by atoms with Crippen molar-refractivity contribution in [2.75, 3.05) is 11.5 Å². The van der Waals surface area contributed by atoms with Gasteiger partial charge in [-0.15, -0.1) is 0 Å². The van der Waals surface area contributed by atoms with Gasteiger partial charge in [0.2, 0.25) is 5.91 Å². The lowest BCUT2D eigenvalue weighted by molar-refractivity contribution is -0.130. The lowest BCUT2D eigenvalue weighted by Crippen LogP contribution is -2.41. The quantitative estimate of drug-likeness (QED) is 0.719. The number of carbonyl (C=O) groups is 1. The second-order valence-electron chi connectivity index (χ2n) is 5.84. The van der Waals surface area contributed by atoms with Crippen LogP contribution in [0.25, 0.3) is 0 Å². The lowest BCUT2D eigenvalue weighted by Gasteiger charge is -2.27. The minimum Gasteiger partial charge on any atom is -0.330 e. The molecule has 0 bridgehead atoms. The molecular formula is C17H19N3O3S2. The van der Waals surface area contributed by atoms with Crippen LogP contribution in [0.2, 0.25) is 0 Å². The van der Waals surface area contributed by atoms with E-state index in [1.807, 2.05) is 48.1 Å². The first-order chi connectivity index (χ1) is 11.9.